The number of carbonyl (C=O) groups excluding carboxylic acids is 1. The molecule has 2 N–H and O–H groups in total. The van der Waals surface area contributed by atoms with Gasteiger partial charge in [0.15, 0.2) is 0 Å². The largest absolute Gasteiger partial charge is 0.491 e. The number of aliphatic hydroxyl groups is 1. The molecule has 0 saturated carbocycles. The lowest BCUT2D eigenvalue weighted by atomic mass is 9.93. The van der Waals surface area contributed by atoms with Gasteiger partial charge in [-0.1, -0.05) is 43.7 Å². The van der Waals surface area contributed by atoms with Crippen LogP contribution in [0.1, 0.15) is 31.2 Å². The molecular formula is C19H23NO3. The molecule has 2 aromatic carbocycles. The summed E-state index contributed by atoms with van der Waals surface area (Å²) in [6.45, 7) is 2.32. The first-order valence-electron chi connectivity index (χ1n) is 7.94. The summed E-state index contributed by atoms with van der Waals surface area (Å²) in [6, 6.07) is 17.0. The second-order valence-electron chi connectivity index (χ2n) is 5.34. The lowest BCUT2D eigenvalue weighted by Crippen LogP contribution is -2.21. The molecule has 122 valence electrons. The average Bonchev–Trinajstić information content (AvgIpc) is 2.59. The van der Waals surface area contributed by atoms with Gasteiger partial charge in [-0.2, -0.15) is 0 Å². The van der Waals surface area contributed by atoms with E-state index in [9.17, 15) is 4.79 Å². The van der Waals surface area contributed by atoms with Gasteiger partial charge in [0.2, 0.25) is 5.91 Å². The van der Waals surface area contributed by atoms with Gasteiger partial charge in [0, 0.05) is 5.69 Å². The summed E-state index contributed by atoms with van der Waals surface area (Å²) in [7, 11) is 0. The van der Waals surface area contributed by atoms with Crippen LogP contribution in [0.5, 0.6) is 5.75 Å². The first-order valence-corrected chi connectivity index (χ1v) is 7.94. The van der Waals surface area contributed by atoms with E-state index < -0.39 is 0 Å². The van der Waals surface area contributed by atoms with Gasteiger partial charge < -0.3 is 15.2 Å². The van der Waals surface area contributed by atoms with E-state index in [2.05, 4.69) is 12.2 Å². The normalized spacial score (nSPS) is 11.7. The summed E-state index contributed by atoms with van der Waals surface area (Å²) < 4.78 is 5.31. The first-order chi connectivity index (χ1) is 11.2. The minimum atomic E-state index is -0.147. The highest BCUT2D eigenvalue weighted by Gasteiger charge is 2.19. The number of rotatable bonds is 8. The van der Waals surface area contributed by atoms with E-state index in [-0.39, 0.29) is 25.0 Å². The van der Waals surface area contributed by atoms with E-state index in [0.29, 0.717) is 5.75 Å². The van der Waals surface area contributed by atoms with Crippen molar-refractivity contribution in [3.8, 4) is 5.75 Å². The molecule has 1 amide bonds. The molecule has 0 aliphatic heterocycles. The van der Waals surface area contributed by atoms with E-state index in [0.717, 1.165) is 24.1 Å². The minimum absolute atomic E-state index is 0.00192. The number of benzene rings is 2. The van der Waals surface area contributed by atoms with E-state index in [1.54, 1.807) is 24.3 Å². The summed E-state index contributed by atoms with van der Waals surface area (Å²) in [4.78, 5) is 12.6. The molecule has 2 rings (SSSR count). The fourth-order valence-electron chi connectivity index (χ4n) is 2.45. The number of carbonyl (C=O) groups is 1. The Labute approximate surface area is 137 Å². The fraction of sp³-hybridized carbons (Fsp3) is 0.316. The smallest absolute Gasteiger partial charge is 0.231 e. The zero-order chi connectivity index (χ0) is 16.5. The molecule has 1 unspecified atom stereocenters. The van der Waals surface area contributed by atoms with Crippen molar-refractivity contribution in [3.05, 3.63) is 60.2 Å². The van der Waals surface area contributed by atoms with Gasteiger partial charge >= 0.3 is 0 Å². The van der Waals surface area contributed by atoms with E-state index in [4.69, 9.17) is 9.84 Å². The number of nitrogens with one attached hydrogen (secondary N) is 1. The highest BCUT2D eigenvalue weighted by atomic mass is 16.5. The third kappa shape index (κ3) is 5.11. The monoisotopic (exact) mass is 313 g/mol. The lowest BCUT2D eigenvalue weighted by Gasteiger charge is -2.17. The van der Waals surface area contributed by atoms with Crippen LogP contribution in [0.2, 0.25) is 0 Å². The van der Waals surface area contributed by atoms with Crippen molar-refractivity contribution in [2.24, 2.45) is 0 Å². The molecule has 0 aromatic heterocycles. The number of hydrogen-bond donors (Lipinski definition) is 2. The van der Waals surface area contributed by atoms with Gasteiger partial charge in [-0.15, -0.1) is 0 Å². The molecule has 0 aliphatic carbocycles. The molecule has 0 heterocycles. The van der Waals surface area contributed by atoms with Crippen LogP contribution in [0.15, 0.2) is 54.6 Å². The Balaban J connectivity index is 2.03. The van der Waals surface area contributed by atoms with Crippen molar-refractivity contribution >= 4 is 11.6 Å². The van der Waals surface area contributed by atoms with Crippen LogP contribution >= 0.6 is 0 Å². The van der Waals surface area contributed by atoms with Crippen LogP contribution in [-0.2, 0) is 4.79 Å². The Morgan fingerprint density at radius 3 is 2.43 bits per heavy atom. The number of aliphatic hydroxyl groups excluding tert-OH is 1. The Morgan fingerprint density at radius 2 is 1.83 bits per heavy atom. The maximum Gasteiger partial charge on any atom is 0.231 e. The van der Waals surface area contributed by atoms with Crippen molar-refractivity contribution in [1.82, 2.24) is 0 Å². The molecule has 0 fully saturated rings. The third-order valence-corrected chi connectivity index (χ3v) is 3.58. The molecule has 0 bridgehead atoms. The summed E-state index contributed by atoms with van der Waals surface area (Å²) >= 11 is 0. The topological polar surface area (TPSA) is 58.6 Å². The Bertz CT molecular complexity index is 596. The molecule has 2 aromatic rings. The van der Waals surface area contributed by atoms with Crippen molar-refractivity contribution < 1.29 is 14.6 Å². The standard InChI is InChI=1S/C19H23NO3/c1-2-6-18(15-7-4-3-5-8-15)19(22)20-16-9-11-17(12-10-16)23-14-13-21/h3-5,7-12,18,21H,2,6,13-14H2,1H3,(H,20,22). The Kier molecular flexibility index (Phi) is 6.63. The number of hydrogen-bond acceptors (Lipinski definition) is 3. The summed E-state index contributed by atoms with van der Waals surface area (Å²) in [6.07, 6.45) is 1.76. The zero-order valence-corrected chi connectivity index (χ0v) is 13.4. The van der Waals surface area contributed by atoms with Gasteiger partial charge in [0.1, 0.15) is 12.4 Å². The number of anilines is 1. The van der Waals surface area contributed by atoms with Gasteiger partial charge in [-0.25, -0.2) is 0 Å². The van der Waals surface area contributed by atoms with Crippen molar-refractivity contribution in [3.63, 3.8) is 0 Å². The molecule has 0 aliphatic rings. The van der Waals surface area contributed by atoms with Crippen molar-refractivity contribution in [2.45, 2.75) is 25.7 Å². The molecule has 23 heavy (non-hydrogen) atoms. The Hall–Kier alpha value is -2.33. The second kappa shape index (κ2) is 8.96. The summed E-state index contributed by atoms with van der Waals surface area (Å²) in [5.41, 5.74) is 1.78. The molecule has 4 nitrogen and oxygen atoms in total. The highest BCUT2D eigenvalue weighted by molar-refractivity contribution is 5.95. The molecule has 1 atom stereocenters. The SMILES string of the molecule is CCCC(C(=O)Nc1ccc(OCCO)cc1)c1ccccc1. The van der Waals surface area contributed by atoms with Crippen molar-refractivity contribution in [2.75, 3.05) is 18.5 Å². The lowest BCUT2D eigenvalue weighted by molar-refractivity contribution is -0.117. The number of amides is 1. The average molecular weight is 313 g/mol. The predicted molar refractivity (Wildman–Crippen MR) is 91.7 cm³/mol. The fourth-order valence-corrected chi connectivity index (χ4v) is 2.45. The maximum atomic E-state index is 12.6. The van der Waals surface area contributed by atoms with Gasteiger partial charge in [-0.05, 0) is 36.2 Å². The molecule has 4 heteroatoms. The molecule has 0 spiro atoms. The van der Waals surface area contributed by atoms with Crippen molar-refractivity contribution in [1.29, 1.82) is 0 Å². The minimum Gasteiger partial charge on any atom is -0.491 e. The van der Waals surface area contributed by atoms with E-state index in [1.807, 2.05) is 30.3 Å². The summed E-state index contributed by atoms with van der Waals surface area (Å²) in [5.74, 6) is 0.527. The Morgan fingerprint density at radius 1 is 1.13 bits per heavy atom. The molecule has 0 saturated heterocycles. The van der Waals surface area contributed by atoms with E-state index in [1.165, 1.54) is 0 Å². The van der Waals surface area contributed by atoms with Gasteiger partial charge in [0.25, 0.3) is 0 Å². The highest BCUT2D eigenvalue weighted by Crippen LogP contribution is 2.24. The second-order valence-corrected chi connectivity index (χ2v) is 5.34. The number of ether oxygens (including phenoxy) is 1. The molecule has 0 radical (unpaired) electrons. The van der Waals surface area contributed by atoms with Crippen LogP contribution in [0.4, 0.5) is 5.69 Å². The molecular weight excluding hydrogens is 290 g/mol. The van der Waals surface area contributed by atoms with E-state index >= 15 is 0 Å². The third-order valence-electron chi connectivity index (χ3n) is 3.58. The van der Waals surface area contributed by atoms with Crippen LogP contribution in [-0.4, -0.2) is 24.2 Å². The maximum absolute atomic E-state index is 12.6. The quantitative estimate of drug-likeness (QED) is 0.783. The first kappa shape index (κ1) is 17.0. The van der Waals surface area contributed by atoms with Crippen LogP contribution in [0, 0.1) is 0 Å². The summed E-state index contributed by atoms with van der Waals surface area (Å²) in [5, 5.41) is 11.7. The van der Waals surface area contributed by atoms with Gasteiger partial charge in [-0.3, -0.25) is 4.79 Å². The van der Waals surface area contributed by atoms with Crippen LogP contribution in [0.3, 0.4) is 0 Å². The van der Waals surface area contributed by atoms with Gasteiger partial charge in [0.05, 0.1) is 12.5 Å². The van der Waals surface area contributed by atoms with Crippen LogP contribution < -0.4 is 10.1 Å². The zero-order valence-electron chi connectivity index (χ0n) is 13.4. The predicted octanol–water partition coefficient (Wildman–Crippen LogP) is 3.58. The van der Waals surface area contributed by atoms with Crippen LogP contribution in [0.25, 0.3) is 0 Å².